The van der Waals surface area contributed by atoms with Gasteiger partial charge in [0.1, 0.15) is 78.5 Å². The Morgan fingerprint density at radius 2 is 1.06 bits per heavy atom. The molecule has 17 amide bonds. The lowest BCUT2D eigenvalue weighted by Gasteiger charge is -2.36. The number of amides is 17. The fourth-order valence-electron chi connectivity index (χ4n) is 16.1. The van der Waals surface area contributed by atoms with E-state index in [4.69, 9.17) is 22.6 Å². The summed E-state index contributed by atoms with van der Waals surface area (Å²) in [5.41, 5.74) is 20.6. The number of guanidine groups is 1. The van der Waals surface area contributed by atoms with Crippen LogP contribution in [0.1, 0.15) is 113 Å². The molecule has 9 rings (SSSR count). The number of primary amides is 2. The van der Waals surface area contributed by atoms with Crippen LogP contribution >= 0.6 is 11.8 Å². The summed E-state index contributed by atoms with van der Waals surface area (Å²) in [6, 6.07) is 11.0. The first-order chi connectivity index (χ1) is 64.4. The maximum absolute atomic E-state index is 15.8. The maximum Gasteiger partial charge on any atom is 0.246 e. The highest BCUT2D eigenvalue weighted by atomic mass is 32.2. The van der Waals surface area contributed by atoms with Crippen LogP contribution in [0.15, 0.2) is 134 Å². The Balaban J connectivity index is 1.10. The van der Waals surface area contributed by atoms with Crippen LogP contribution in [-0.4, -0.2) is 307 Å². The molecule has 0 radical (unpaired) electrons. The van der Waals surface area contributed by atoms with Crippen LogP contribution < -0.4 is 75.7 Å². The van der Waals surface area contributed by atoms with Gasteiger partial charge in [0.2, 0.25) is 100 Å². The fraction of sp³-hybridized carbons (Fsp3) is 0.467. The molecule has 2 fully saturated rings. The minimum atomic E-state index is -1.86. The van der Waals surface area contributed by atoms with Gasteiger partial charge in [-0.25, -0.2) is 4.98 Å². The number of thioether (sulfide) groups is 1. The molecule has 4 aromatic carbocycles. The van der Waals surface area contributed by atoms with E-state index in [9.17, 15) is 57.8 Å². The molecule has 42 nitrogen and oxygen atoms in total. The van der Waals surface area contributed by atoms with Crippen molar-refractivity contribution in [2.24, 2.45) is 23.1 Å². The number of para-hydroxylation sites is 2. The second kappa shape index (κ2) is 50.6. The third kappa shape index (κ3) is 30.1. The molecule has 0 spiro atoms. The molecule has 2 aliphatic heterocycles. The van der Waals surface area contributed by atoms with E-state index >= 15 is 28.8 Å². The van der Waals surface area contributed by atoms with Crippen molar-refractivity contribution in [3.63, 3.8) is 0 Å². The highest BCUT2D eigenvalue weighted by Gasteiger charge is 2.44. The number of nitrogens with two attached hydrogens (primary N) is 3. The van der Waals surface area contributed by atoms with Crippen LogP contribution in [0.2, 0.25) is 0 Å². The zero-order chi connectivity index (χ0) is 98.3. The molecular weight excluding hydrogens is 1760 g/mol. The van der Waals surface area contributed by atoms with Gasteiger partial charge in [-0.3, -0.25) is 86.9 Å². The number of benzene rings is 4. The number of fused-ring (bicyclic) bond motifs is 3. The fourth-order valence-corrected chi connectivity index (χ4v) is 17.0. The second-order valence-corrected chi connectivity index (χ2v) is 35.2. The van der Waals surface area contributed by atoms with Crippen LogP contribution in [0.25, 0.3) is 21.8 Å². The van der Waals surface area contributed by atoms with Gasteiger partial charge < -0.3 is 120 Å². The highest BCUT2D eigenvalue weighted by molar-refractivity contribution is 8.00. The topological polar surface area (TPSA) is 621 Å². The number of aliphatic hydroxyl groups excluding tert-OH is 1. The molecule has 2 saturated heterocycles. The van der Waals surface area contributed by atoms with E-state index in [0.29, 0.717) is 62.6 Å². The number of rotatable bonds is 25. The lowest BCUT2D eigenvalue weighted by atomic mass is 9.99. The third-order valence-corrected chi connectivity index (χ3v) is 24.6. The van der Waals surface area contributed by atoms with Crippen molar-refractivity contribution in [1.82, 2.24) is 103 Å². The van der Waals surface area contributed by atoms with Crippen molar-refractivity contribution in [3.8, 4) is 0 Å². The summed E-state index contributed by atoms with van der Waals surface area (Å²) in [6.45, 7) is 4.03. The summed E-state index contributed by atoms with van der Waals surface area (Å²) in [5, 5.41) is 49.5. The molecule has 43 heteroatoms. The average molecular weight is 1890 g/mol. The number of nitrogens with zero attached hydrogens (tertiary/aromatic N) is 6. The average Bonchev–Trinajstić information content (AvgIpc) is 1.79. The molecule has 2 aliphatic rings. The van der Waals surface area contributed by atoms with E-state index < -0.39 is 223 Å². The second-order valence-electron chi connectivity index (χ2n) is 34.2. The summed E-state index contributed by atoms with van der Waals surface area (Å²) in [4.78, 5) is 268. The van der Waals surface area contributed by atoms with Gasteiger partial charge in [-0.2, -0.15) is 0 Å². The van der Waals surface area contributed by atoms with Crippen LogP contribution in [0.4, 0.5) is 0 Å². The molecule has 13 unspecified atom stereocenters. The zero-order valence-corrected chi connectivity index (χ0v) is 77.7. The Bertz CT molecular complexity index is 5350. The number of hydrogen-bond acceptors (Lipinski definition) is 21. The Kier molecular flexibility index (Phi) is 39.1. The summed E-state index contributed by atoms with van der Waals surface area (Å²) < 4.78 is 0. The van der Waals surface area contributed by atoms with Crippen molar-refractivity contribution in [2.45, 2.75) is 196 Å². The van der Waals surface area contributed by atoms with Gasteiger partial charge in [-0.15, -0.1) is 11.8 Å². The molecule has 135 heavy (non-hydrogen) atoms. The predicted molar refractivity (Wildman–Crippen MR) is 500 cm³/mol. The molecule has 5 heterocycles. The Morgan fingerprint density at radius 1 is 0.526 bits per heavy atom. The number of carbonyl (C=O) groups is 17. The van der Waals surface area contributed by atoms with Crippen molar-refractivity contribution in [2.75, 3.05) is 72.5 Å². The monoisotopic (exact) mass is 1880 g/mol. The molecular formula is C92H124N24O18S. The van der Waals surface area contributed by atoms with Gasteiger partial charge in [0.15, 0.2) is 5.96 Å². The summed E-state index contributed by atoms with van der Waals surface area (Å²) in [5.74, 6) is -17.4. The SMILES string of the molecule is CCCCC1C(=O)N(C)C(Cc2ccccc2)C(=O)NC(CCCNC(=N)N)C(=O)NC(C(=O)NCC(N)=O)CSCC(=O)NC(Cc2ccccc2)C(=O)N(C)C(C)C(=O)NC(CC(N)=O)C(=O)N2CCCC2C(=O)NC(Cc2cnc[nH]2)C(=O)NC(CC(C)C)C(=O)N(C)CC(=O)NC(Cc2c[nH]c3ccccc23)C(=O)NC(CO)C(=O)NC(Cc2c[nH]c3ccccc23)C(=O)N1C. The van der Waals surface area contributed by atoms with Gasteiger partial charge >= 0.3 is 0 Å². The van der Waals surface area contributed by atoms with E-state index in [1.54, 1.807) is 135 Å². The van der Waals surface area contributed by atoms with Crippen molar-refractivity contribution in [3.05, 3.63) is 162 Å². The summed E-state index contributed by atoms with van der Waals surface area (Å²) in [7, 11) is 5.22. The van der Waals surface area contributed by atoms with E-state index in [1.807, 2.05) is 6.92 Å². The first-order valence-electron chi connectivity index (χ1n) is 44.8. The number of aromatic nitrogens is 4. The number of H-pyrrole nitrogens is 3. The number of nitrogens with one attached hydrogen (secondary N) is 15. The lowest BCUT2D eigenvalue weighted by molar-refractivity contribution is -0.149. The Labute approximate surface area is 784 Å². The Morgan fingerprint density at radius 3 is 1.65 bits per heavy atom. The van der Waals surface area contributed by atoms with E-state index in [0.717, 1.165) is 36.3 Å². The highest BCUT2D eigenvalue weighted by Crippen LogP contribution is 2.26. The largest absolute Gasteiger partial charge is 0.394 e. The van der Waals surface area contributed by atoms with Gasteiger partial charge in [-0.1, -0.05) is 131 Å². The van der Waals surface area contributed by atoms with Gasteiger partial charge in [0, 0.05) is 125 Å². The molecule has 3 aromatic heterocycles. The van der Waals surface area contributed by atoms with Gasteiger partial charge in [0.05, 0.1) is 38.2 Å². The summed E-state index contributed by atoms with van der Waals surface area (Å²) >= 11 is 0.787. The van der Waals surface area contributed by atoms with Crippen LogP contribution in [0.5, 0.6) is 0 Å². The minimum Gasteiger partial charge on any atom is -0.394 e. The number of aliphatic hydroxyl groups is 1. The van der Waals surface area contributed by atoms with Crippen LogP contribution in [0, 0.1) is 11.3 Å². The third-order valence-electron chi connectivity index (χ3n) is 23.6. The first-order valence-corrected chi connectivity index (χ1v) is 45.9. The molecule has 7 aromatic rings. The molecule has 726 valence electrons. The number of hydrogen-bond donors (Lipinski definition) is 19. The standard InChI is InChI=1S/C92H124N24O18S/c1-9-10-32-73-91(134)115(8)74(38-55-25-15-12-16-26-55)86(129)105-63(31-21-34-98-92(95)96)81(124)111-71(80(123)101-46-76(94)119)49-135-50-78(121)104-67(37-54-23-13-11-14-24-54)88(131)113(6)53(4)79(122)107-69(42-75(93)118)90(133)116-35-22-33-72(116)85(128)106-65(41-58-45-97-51-102-58)83(126)108-66(36-52(2)3)87(130)112(5)47-77(120)103-64(39-56-43-99-61-29-19-17-27-59(56)61)82(125)110-70(48-117)84(127)109-68(89(132)114(73)7)40-57-44-100-62-30-20-18-28-60(57)62/h11-20,23-30,43-45,51-53,63-74,99-100,117H,9-10,21-22,31-42,46-50H2,1-8H3,(H2,93,118)(H2,94,119)(H,97,102)(H,101,123)(H,103,120)(H,104,121)(H,105,129)(H,106,128)(H,107,122)(H,108,126)(H,109,127)(H,110,125)(H,111,124)(H4,95,96,98). The van der Waals surface area contributed by atoms with Crippen LogP contribution in [-0.2, 0) is 114 Å². The smallest absolute Gasteiger partial charge is 0.246 e. The number of carbonyl (C=O) groups excluding carboxylic acids is 17. The zero-order valence-electron chi connectivity index (χ0n) is 76.8. The predicted octanol–water partition coefficient (Wildman–Crippen LogP) is -2.09. The Hall–Kier alpha value is -14.3. The van der Waals surface area contributed by atoms with E-state index in [1.165, 1.54) is 47.6 Å². The van der Waals surface area contributed by atoms with Gasteiger partial charge in [-0.05, 0) is 85.8 Å². The first kappa shape index (κ1) is 104. The molecule has 0 saturated carbocycles. The van der Waals surface area contributed by atoms with Crippen molar-refractivity contribution >= 4 is 140 Å². The molecule has 0 aliphatic carbocycles. The van der Waals surface area contributed by atoms with Gasteiger partial charge in [0.25, 0.3) is 0 Å². The number of imidazole rings is 1. The number of likely N-dealkylation sites (N-methyl/N-ethyl adjacent to an activating group) is 4. The van der Waals surface area contributed by atoms with E-state index in [2.05, 4.69) is 78.4 Å². The minimum absolute atomic E-state index is 0.0115. The number of unbranched alkanes of at least 4 members (excludes halogenated alkanes) is 1. The maximum atomic E-state index is 15.8. The van der Waals surface area contributed by atoms with Crippen molar-refractivity contribution in [1.29, 1.82) is 5.41 Å². The molecule has 22 N–H and O–H groups in total. The van der Waals surface area contributed by atoms with E-state index in [-0.39, 0.29) is 89.6 Å². The van der Waals surface area contributed by atoms with Crippen LogP contribution in [0.3, 0.4) is 0 Å². The summed E-state index contributed by atoms with van der Waals surface area (Å²) in [6.07, 6.45) is 4.79. The molecule has 0 bridgehead atoms. The quantitative estimate of drug-likeness (QED) is 0.0166. The van der Waals surface area contributed by atoms with Crippen molar-refractivity contribution < 1.29 is 86.6 Å². The molecule has 13 atom stereocenters. The number of aromatic amines is 3. The normalized spacial score (nSPS) is 23.2. The lowest BCUT2D eigenvalue weighted by Crippen LogP contribution is -2.61.